The number of rotatable bonds is 4. The number of Topliss-reactive ketones (excluding diaryl/α,β-unsaturated/α-hetero) is 1. The van der Waals surface area contributed by atoms with E-state index in [-0.39, 0.29) is 56.8 Å². The van der Waals surface area contributed by atoms with Gasteiger partial charge in [-0.2, -0.15) is 42.8 Å². The summed E-state index contributed by atoms with van der Waals surface area (Å²) in [6.45, 7) is 18.7. The molecule has 3 aliphatic carbocycles. The Balaban J connectivity index is 0.000000533. The van der Waals surface area contributed by atoms with Crippen molar-refractivity contribution < 1.29 is 69.4 Å². The second-order valence-electron chi connectivity index (χ2n) is 12.7. The number of ketones is 1. The Morgan fingerprint density at radius 3 is 2.39 bits per heavy atom. The topological polar surface area (TPSA) is 17.1 Å². The summed E-state index contributed by atoms with van der Waals surface area (Å²) in [5.41, 5.74) is 0.358. The number of thioether (sulfide) groups is 1. The quantitative estimate of drug-likeness (QED) is 0.233. The van der Waals surface area contributed by atoms with E-state index in [1.54, 1.807) is 19.9 Å². The van der Waals surface area contributed by atoms with Crippen LogP contribution in [0.15, 0.2) is 29.4 Å². The Kier molecular flexibility index (Phi) is 21.8. The molecule has 1 heterocycles. The average Bonchev–Trinajstić information content (AvgIpc) is 3.40. The second-order valence-corrected chi connectivity index (χ2v) is 13.8. The van der Waals surface area contributed by atoms with Gasteiger partial charge >= 0.3 is 57.6 Å². The van der Waals surface area contributed by atoms with Gasteiger partial charge in [-0.15, -0.1) is 12.2 Å². The van der Waals surface area contributed by atoms with Gasteiger partial charge in [0, 0.05) is 5.41 Å². The van der Waals surface area contributed by atoms with E-state index >= 15 is 0 Å². The number of hydrogen-bond acceptors (Lipinski definition) is 2. The first-order chi connectivity index (χ1) is 18.7. The Bertz CT molecular complexity index is 822. The summed E-state index contributed by atoms with van der Waals surface area (Å²) >= 11 is 2.11. The van der Waals surface area contributed by atoms with Gasteiger partial charge in [0.25, 0.3) is 0 Å². The summed E-state index contributed by atoms with van der Waals surface area (Å²) in [6.07, 6.45) is 15.7. The molecule has 0 aromatic carbocycles. The zero-order chi connectivity index (χ0) is 30.3. The summed E-state index contributed by atoms with van der Waals surface area (Å²) in [6, 6.07) is 0. The summed E-state index contributed by atoms with van der Waals surface area (Å²) in [5.74, 6) is 7.33. The molecule has 2 saturated carbocycles. The van der Waals surface area contributed by atoms with Crippen LogP contribution in [0, 0.1) is 54.4 Å². The fraction of sp³-hybridized carbons (Fsp3) is 0.743. The summed E-state index contributed by atoms with van der Waals surface area (Å²) in [5, 5.41) is 0. The molecule has 0 bridgehead atoms. The van der Waals surface area contributed by atoms with Crippen molar-refractivity contribution in [1.29, 1.82) is 0 Å². The molecule has 0 aromatic rings. The molecule has 1 aliphatic heterocycles. The van der Waals surface area contributed by atoms with Crippen molar-refractivity contribution in [2.24, 2.45) is 35.0 Å². The number of allylic oxidation sites excluding steroid dienone is 6. The molecule has 1 saturated heterocycles. The fourth-order valence-electron chi connectivity index (χ4n) is 6.00. The number of alkyl halides is 3. The standard InChI is InChI=1S/C11H18O.C10H10F3.C7H14S.C7H14.K/c1-8-6-10-4-3-5-11(10,7-8)9(2)12;1-8-4-2-3-5-9(7-6-8)10(11,12)13;1-6-3-4-8-5-7(6)2;1-4-5-6-7(2)3;/h8,10H,3-7H2,1-2H3;3,5,7H,2,4H2,1H3;6-7H,3-5H2,1-2H3;5,7H,2,4,6H2,1,3H3;/q;-1;;-2;+1/b;5-3-,9-7+;;;. The molecular weight excluding hydrogens is 565 g/mol. The third kappa shape index (κ3) is 16.0. The van der Waals surface area contributed by atoms with Crippen LogP contribution < -0.4 is 51.4 Å². The van der Waals surface area contributed by atoms with Crippen molar-refractivity contribution in [2.45, 2.75) is 119 Å². The molecule has 3 fully saturated rings. The number of carbonyl (C=O) groups is 1. The molecule has 0 spiro atoms. The zero-order valence-electron chi connectivity index (χ0n) is 27.3. The average molecular weight is 621 g/mol. The van der Waals surface area contributed by atoms with Crippen LogP contribution in [0.1, 0.15) is 113 Å². The van der Waals surface area contributed by atoms with Crippen LogP contribution in [0.4, 0.5) is 13.2 Å². The number of hydrogen-bond donors (Lipinski definition) is 0. The zero-order valence-corrected chi connectivity index (χ0v) is 31.3. The Morgan fingerprint density at radius 2 is 1.93 bits per heavy atom. The predicted octanol–water partition coefficient (Wildman–Crippen LogP) is 8.23. The first kappa shape index (κ1) is 41.7. The molecule has 0 amide bonds. The molecule has 6 atom stereocenters. The first-order valence-electron chi connectivity index (χ1n) is 15.5. The third-order valence-electron chi connectivity index (χ3n) is 8.77. The molecule has 0 radical (unpaired) electrons. The predicted molar refractivity (Wildman–Crippen MR) is 168 cm³/mol. The molecule has 232 valence electrons. The van der Waals surface area contributed by atoms with Crippen molar-refractivity contribution in [3.63, 3.8) is 0 Å². The van der Waals surface area contributed by atoms with Gasteiger partial charge in [-0.05, 0) is 87.0 Å². The van der Waals surface area contributed by atoms with Gasteiger partial charge in [0.05, 0.1) is 0 Å². The maximum Gasteiger partial charge on any atom is 1.00 e. The molecule has 0 N–H and O–H groups in total. The van der Waals surface area contributed by atoms with Crippen molar-refractivity contribution in [2.75, 3.05) is 11.5 Å². The van der Waals surface area contributed by atoms with Crippen molar-refractivity contribution in [3.05, 3.63) is 48.8 Å². The van der Waals surface area contributed by atoms with Gasteiger partial charge in [0.1, 0.15) is 5.78 Å². The largest absolute Gasteiger partial charge is 1.00 e. The Hall–Kier alpha value is 0.666. The fourth-order valence-corrected chi connectivity index (χ4v) is 7.41. The van der Waals surface area contributed by atoms with Gasteiger partial charge in [0.2, 0.25) is 0 Å². The van der Waals surface area contributed by atoms with Crippen molar-refractivity contribution in [1.82, 2.24) is 0 Å². The van der Waals surface area contributed by atoms with Crippen LogP contribution >= 0.6 is 11.8 Å². The number of carbonyl (C=O) groups excluding carboxylic acids is 1. The molecule has 6 heteroatoms. The van der Waals surface area contributed by atoms with Crippen LogP contribution in [-0.2, 0) is 4.79 Å². The summed E-state index contributed by atoms with van der Waals surface area (Å²) in [7, 11) is 0. The maximum atomic E-state index is 12.2. The molecule has 41 heavy (non-hydrogen) atoms. The Morgan fingerprint density at radius 1 is 1.24 bits per heavy atom. The minimum absolute atomic E-state index is 0. The molecular formula is C35H56F3KOS-2. The van der Waals surface area contributed by atoms with Crippen LogP contribution in [0.5, 0.6) is 0 Å². The van der Waals surface area contributed by atoms with E-state index in [4.69, 9.17) is 0 Å². The van der Waals surface area contributed by atoms with E-state index < -0.39 is 11.7 Å². The van der Waals surface area contributed by atoms with Gasteiger partial charge in [0.15, 0.2) is 0 Å². The van der Waals surface area contributed by atoms with Gasteiger partial charge in [-0.1, -0.05) is 53.5 Å². The van der Waals surface area contributed by atoms with E-state index in [2.05, 4.69) is 65.8 Å². The number of fused-ring (bicyclic) bond motifs is 1. The monoisotopic (exact) mass is 620 g/mol. The number of halogens is 3. The molecule has 1 nitrogen and oxygen atoms in total. The van der Waals surface area contributed by atoms with Crippen LogP contribution in [-0.4, -0.2) is 23.5 Å². The molecule has 6 unspecified atom stereocenters. The van der Waals surface area contributed by atoms with Crippen LogP contribution in [0.25, 0.3) is 0 Å². The minimum Gasteiger partial charge on any atom is -0.343 e. The molecule has 0 aromatic heterocycles. The minimum atomic E-state index is -4.26. The van der Waals surface area contributed by atoms with Crippen LogP contribution in [0.3, 0.4) is 0 Å². The summed E-state index contributed by atoms with van der Waals surface area (Å²) < 4.78 is 36.6. The van der Waals surface area contributed by atoms with Crippen molar-refractivity contribution >= 4 is 17.5 Å². The van der Waals surface area contributed by atoms with E-state index in [1.165, 1.54) is 56.5 Å². The molecule has 4 rings (SSSR count). The SMILES string of the molecule is CC(=O)C12CCCC1CC(C)C2.CC1=[C-]/C=C(C(F)(F)F)\C=C/CC1.CC1CCSCC1C.[CH2-]C(C)C[CH-]CC.[K+]. The number of unbranched alkanes of at least 4 members (excludes halogenated alkanes) is 1. The maximum absolute atomic E-state index is 12.2. The normalized spacial score (nSPS) is 31.7. The smallest absolute Gasteiger partial charge is 0.343 e. The summed E-state index contributed by atoms with van der Waals surface area (Å²) in [4.78, 5) is 11.6. The second kappa shape index (κ2) is 21.4. The van der Waals surface area contributed by atoms with Gasteiger partial charge in [-0.25, -0.2) is 12.5 Å². The van der Waals surface area contributed by atoms with Crippen LogP contribution in [0.2, 0.25) is 0 Å². The third-order valence-corrected chi connectivity index (χ3v) is 10.1. The van der Waals surface area contributed by atoms with E-state index in [1.807, 2.05) is 0 Å². The van der Waals surface area contributed by atoms with Crippen molar-refractivity contribution in [3.8, 4) is 0 Å². The first-order valence-corrected chi connectivity index (χ1v) is 16.6. The Labute approximate surface area is 298 Å². The molecule has 4 aliphatic rings. The van der Waals surface area contributed by atoms with Gasteiger partial charge in [-0.3, -0.25) is 10.9 Å². The van der Waals surface area contributed by atoms with E-state index in [0.717, 1.165) is 54.2 Å². The van der Waals surface area contributed by atoms with E-state index in [9.17, 15) is 18.0 Å². The van der Waals surface area contributed by atoms with Gasteiger partial charge < -0.3 is 13.3 Å². The van der Waals surface area contributed by atoms with E-state index in [0.29, 0.717) is 18.1 Å².